The third-order valence-corrected chi connectivity index (χ3v) is 7.31. The molecule has 7 heteroatoms. The first-order chi connectivity index (χ1) is 12.7. The predicted molar refractivity (Wildman–Crippen MR) is 99.0 cm³/mol. The molecule has 6 rings (SSSR count). The number of halogens is 1. The van der Waals surface area contributed by atoms with Crippen molar-refractivity contribution in [1.82, 2.24) is 20.0 Å². The maximum absolute atomic E-state index is 13.3. The zero-order valence-corrected chi connectivity index (χ0v) is 15.9. The van der Waals surface area contributed by atoms with Crippen molar-refractivity contribution in [2.45, 2.75) is 37.5 Å². The van der Waals surface area contributed by atoms with E-state index in [0.29, 0.717) is 18.3 Å². The van der Waals surface area contributed by atoms with Gasteiger partial charge in [-0.15, -0.1) is 0 Å². The highest BCUT2D eigenvalue weighted by atomic mass is 79.9. The Morgan fingerprint density at radius 1 is 1.31 bits per heavy atom. The van der Waals surface area contributed by atoms with Gasteiger partial charge in [0.2, 0.25) is 0 Å². The van der Waals surface area contributed by atoms with Crippen LogP contribution in [0, 0.1) is 0 Å². The molecule has 3 aliphatic heterocycles. The monoisotopic (exact) mass is 414 g/mol. The van der Waals surface area contributed by atoms with Crippen molar-refractivity contribution in [3.05, 3.63) is 33.9 Å². The average Bonchev–Trinajstić information content (AvgIpc) is 3.01. The zero-order valence-electron chi connectivity index (χ0n) is 14.3. The second-order valence-corrected chi connectivity index (χ2v) is 8.66. The van der Waals surface area contributed by atoms with Crippen molar-refractivity contribution in [3.8, 4) is 17.0 Å². The maximum Gasteiger partial charge on any atom is 0.272 e. The summed E-state index contributed by atoms with van der Waals surface area (Å²) < 4.78 is 6.88. The molecule has 0 bridgehead atoms. The normalized spacial score (nSPS) is 28.7. The van der Waals surface area contributed by atoms with Gasteiger partial charge in [-0.3, -0.25) is 14.8 Å². The molecule has 1 amide bonds. The molecule has 1 spiro atoms. The molecule has 2 aromatic rings. The minimum absolute atomic E-state index is 0.0820. The molecule has 2 saturated heterocycles. The van der Waals surface area contributed by atoms with Crippen molar-refractivity contribution in [2.75, 3.05) is 19.6 Å². The van der Waals surface area contributed by atoms with Gasteiger partial charge in [0.25, 0.3) is 5.91 Å². The summed E-state index contributed by atoms with van der Waals surface area (Å²) in [7, 11) is 0. The minimum Gasteiger partial charge on any atom is -0.488 e. The van der Waals surface area contributed by atoms with Gasteiger partial charge in [-0.1, -0.05) is 15.9 Å². The number of benzene rings is 1. The summed E-state index contributed by atoms with van der Waals surface area (Å²) in [5.41, 5.74) is 3.54. The Bertz CT molecular complexity index is 938. The largest absolute Gasteiger partial charge is 0.488 e. The van der Waals surface area contributed by atoms with Crippen LogP contribution in [-0.4, -0.2) is 57.1 Å². The number of carbonyl (C=O) groups excluding carboxylic acids is 1. The Morgan fingerprint density at radius 3 is 3.00 bits per heavy atom. The van der Waals surface area contributed by atoms with E-state index in [1.54, 1.807) is 0 Å². The molecule has 0 radical (unpaired) electrons. The lowest BCUT2D eigenvalue weighted by Crippen LogP contribution is -2.79. The van der Waals surface area contributed by atoms with E-state index >= 15 is 0 Å². The summed E-state index contributed by atoms with van der Waals surface area (Å²) in [5, 5.41) is 7.50. The van der Waals surface area contributed by atoms with E-state index in [9.17, 15) is 4.79 Å². The summed E-state index contributed by atoms with van der Waals surface area (Å²) in [5.74, 6) is 0.886. The SMILES string of the molecule is O=C(c1[nH]nc2c1COc1cc(Br)ccc1-2)N1CCN2CCC23CCC13. The quantitative estimate of drug-likeness (QED) is 0.779. The number of hydrogen-bond acceptors (Lipinski definition) is 4. The van der Waals surface area contributed by atoms with E-state index in [-0.39, 0.29) is 11.4 Å². The van der Waals surface area contributed by atoms with Crippen LogP contribution < -0.4 is 4.74 Å². The first-order valence-electron chi connectivity index (χ1n) is 9.23. The Balaban J connectivity index is 1.35. The average molecular weight is 415 g/mol. The highest BCUT2D eigenvalue weighted by Crippen LogP contribution is 2.52. The Labute approximate surface area is 159 Å². The number of carbonyl (C=O) groups is 1. The number of rotatable bonds is 1. The number of aromatic amines is 1. The third kappa shape index (κ3) is 1.80. The van der Waals surface area contributed by atoms with Gasteiger partial charge in [0.05, 0.1) is 6.04 Å². The third-order valence-electron chi connectivity index (χ3n) is 6.82. The Kier molecular flexibility index (Phi) is 2.99. The molecule has 1 aromatic heterocycles. The fraction of sp³-hybridized carbons (Fsp3) is 0.474. The summed E-state index contributed by atoms with van der Waals surface area (Å²) in [4.78, 5) is 18.0. The highest BCUT2D eigenvalue weighted by molar-refractivity contribution is 9.10. The van der Waals surface area contributed by atoms with E-state index in [4.69, 9.17) is 4.74 Å². The summed E-state index contributed by atoms with van der Waals surface area (Å²) in [6, 6.07) is 6.27. The first-order valence-corrected chi connectivity index (χ1v) is 10.0. The van der Waals surface area contributed by atoms with Crippen LogP contribution in [0.15, 0.2) is 22.7 Å². The van der Waals surface area contributed by atoms with Crippen LogP contribution >= 0.6 is 15.9 Å². The van der Waals surface area contributed by atoms with Crippen LogP contribution in [0.4, 0.5) is 0 Å². The van der Waals surface area contributed by atoms with Crippen molar-refractivity contribution >= 4 is 21.8 Å². The fourth-order valence-corrected chi connectivity index (χ4v) is 5.58. The molecular weight excluding hydrogens is 396 g/mol. The van der Waals surface area contributed by atoms with Crippen LogP contribution in [0.3, 0.4) is 0 Å². The van der Waals surface area contributed by atoms with Crippen LogP contribution in [0.5, 0.6) is 5.75 Å². The molecule has 2 atom stereocenters. The lowest BCUT2D eigenvalue weighted by molar-refractivity contribution is -0.161. The van der Waals surface area contributed by atoms with E-state index in [0.717, 1.165) is 46.6 Å². The number of hydrogen-bond donors (Lipinski definition) is 1. The minimum atomic E-state index is 0.0820. The molecule has 3 fully saturated rings. The summed E-state index contributed by atoms with van der Waals surface area (Å²) in [6.45, 7) is 3.37. The first kappa shape index (κ1) is 15.2. The molecule has 1 aliphatic carbocycles. The van der Waals surface area contributed by atoms with Gasteiger partial charge in [0.15, 0.2) is 0 Å². The predicted octanol–water partition coefficient (Wildman–Crippen LogP) is 2.79. The molecule has 4 aliphatic rings. The molecule has 4 heterocycles. The van der Waals surface area contributed by atoms with Gasteiger partial charge >= 0.3 is 0 Å². The molecule has 1 aromatic carbocycles. The van der Waals surface area contributed by atoms with Crippen molar-refractivity contribution in [3.63, 3.8) is 0 Å². The van der Waals surface area contributed by atoms with Gasteiger partial charge in [0, 0.05) is 40.8 Å². The van der Waals surface area contributed by atoms with E-state index in [1.165, 1.54) is 19.4 Å². The number of H-pyrrole nitrogens is 1. The van der Waals surface area contributed by atoms with E-state index < -0.39 is 0 Å². The van der Waals surface area contributed by atoms with Crippen LogP contribution in [-0.2, 0) is 6.61 Å². The standard InChI is InChI=1S/C19H19BrN4O2/c20-11-1-2-12-14(9-11)26-10-13-16(12)21-22-17(13)18(25)24-8-7-23-6-5-19(23)4-3-15(19)24/h1-2,9,15H,3-8,10H2,(H,21,22). The lowest BCUT2D eigenvalue weighted by Gasteiger charge is -2.68. The summed E-state index contributed by atoms with van der Waals surface area (Å²) >= 11 is 3.47. The van der Waals surface area contributed by atoms with E-state index in [1.807, 2.05) is 18.2 Å². The molecule has 134 valence electrons. The zero-order chi connectivity index (χ0) is 17.5. The second kappa shape index (κ2) is 5.10. The van der Waals surface area contributed by atoms with Gasteiger partial charge in [-0.25, -0.2) is 0 Å². The maximum atomic E-state index is 13.3. The van der Waals surface area contributed by atoms with Crippen LogP contribution in [0.2, 0.25) is 0 Å². The fourth-order valence-electron chi connectivity index (χ4n) is 5.24. The van der Waals surface area contributed by atoms with Gasteiger partial charge in [0.1, 0.15) is 23.7 Å². The highest BCUT2D eigenvalue weighted by Gasteiger charge is 2.61. The van der Waals surface area contributed by atoms with E-state index in [2.05, 4.69) is 35.9 Å². The van der Waals surface area contributed by atoms with Gasteiger partial charge in [-0.05, 0) is 37.5 Å². The molecule has 1 saturated carbocycles. The van der Waals surface area contributed by atoms with Gasteiger partial charge in [-0.2, -0.15) is 5.10 Å². The Hall–Kier alpha value is -1.86. The molecular formula is C19H19BrN4O2. The summed E-state index contributed by atoms with van der Waals surface area (Å²) in [6.07, 6.45) is 3.58. The number of fused-ring (bicyclic) bond motifs is 3. The van der Waals surface area contributed by atoms with Crippen molar-refractivity contribution in [1.29, 1.82) is 0 Å². The second-order valence-electron chi connectivity index (χ2n) is 7.75. The molecule has 2 unspecified atom stereocenters. The number of nitrogens with zero attached hydrogens (tertiary/aromatic N) is 3. The molecule has 6 nitrogen and oxygen atoms in total. The smallest absolute Gasteiger partial charge is 0.272 e. The number of nitrogens with one attached hydrogen (secondary N) is 1. The van der Waals surface area contributed by atoms with Crippen molar-refractivity contribution in [2.24, 2.45) is 0 Å². The number of aromatic nitrogens is 2. The number of piperazine rings is 1. The van der Waals surface area contributed by atoms with Crippen LogP contribution in [0.25, 0.3) is 11.3 Å². The molecule has 26 heavy (non-hydrogen) atoms. The van der Waals surface area contributed by atoms with Crippen LogP contribution in [0.1, 0.15) is 35.3 Å². The number of ether oxygens (including phenoxy) is 1. The number of amides is 1. The lowest BCUT2D eigenvalue weighted by atomic mass is 9.61. The van der Waals surface area contributed by atoms with Gasteiger partial charge < -0.3 is 9.64 Å². The topological polar surface area (TPSA) is 61.5 Å². The molecule has 1 N–H and O–H groups in total. The van der Waals surface area contributed by atoms with Crippen molar-refractivity contribution < 1.29 is 9.53 Å². The Morgan fingerprint density at radius 2 is 2.23 bits per heavy atom.